The van der Waals surface area contributed by atoms with Crippen molar-refractivity contribution in [3.8, 4) is 0 Å². The van der Waals surface area contributed by atoms with Crippen molar-refractivity contribution < 1.29 is 4.79 Å². The second kappa shape index (κ2) is 6.09. The standard InChI is InChI=1S/C16H16N2OS/c19-16(11-20-13-6-8-17-9-7-13)18-15-10-14(15)12-4-2-1-3-5-12/h1-9,14-15H,10-11H2,(H,18,19)/t14-,15+/m1/s1. The zero-order chi connectivity index (χ0) is 13.8. The second-order valence-corrected chi connectivity index (χ2v) is 5.95. The number of pyridine rings is 1. The summed E-state index contributed by atoms with van der Waals surface area (Å²) in [6.45, 7) is 0. The van der Waals surface area contributed by atoms with Crippen LogP contribution in [0.25, 0.3) is 0 Å². The van der Waals surface area contributed by atoms with Gasteiger partial charge in [-0.15, -0.1) is 11.8 Å². The molecule has 0 aliphatic heterocycles. The van der Waals surface area contributed by atoms with Gasteiger partial charge in [-0.25, -0.2) is 0 Å². The Labute approximate surface area is 122 Å². The van der Waals surface area contributed by atoms with E-state index in [-0.39, 0.29) is 5.91 Å². The van der Waals surface area contributed by atoms with Crippen molar-refractivity contribution >= 4 is 17.7 Å². The molecule has 2 atom stereocenters. The van der Waals surface area contributed by atoms with E-state index in [1.54, 1.807) is 24.2 Å². The molecule has 1 aromatic carbocycles. The smallest absolute Gasteiger partial charge is 0.230 e. The van der Waals surface area contributed by atoms with Crippen molar-refractivity contribution in [2.45, 2.75) is 23.3 Å². The molecule has 1 N–H and O–H groups in total. The van der Waals surface area contributed by atoms with Gasteiger partial charge in [-0.3, -0.25) is 9.78 Å². The molecule has 1 fully saturated rings. The molecule has 20 heavy (non-hydrogen) atoms. The van der Waals surface area contributed by atoms with Gasteiger partial charge in [0.25, 0.3) is 0 Å². The minimum absolute atomic E-state index is 0.107. The van der Waals surface area contributed by atoms with E-state index >= 15 is 0 Å². The number of benzene rings is 1. The zero-order valence-electron chi connectivity index (χ0n) is 11.0. The lowest BCUT2D eigenvalue weighted by atomic mass is 10.1. The Bertz CT molecular complexity index is 574. The highest BCUT2D eigenvalue weighted by Gasteiger charge is 2.39. The van der Waals surface area contributed by atoms with Gasteiger partial charge in [-0.05, 0) is 24.1 Å². The quantitative estimate of drug-likeness (QED) is 0.858. The minimum atomic E-state index is 0.107. The molecule has 0 unspecified atom stereocenters. The van der Waals surface area contributed by atoms with Gasteiger partial charge < -0.3 is 5.32 Å². The Morgan fingerprint density at radius 3 is 2.70 bits per heavy atom. The van der Waals surface area contributed by atoms with Crippen molar-refractivity contribution in [2.24, 2.45) is 0 Å². The van der Waals surface area contributed by atoms with Crippen LogP contribution in [0.1, 0.15) is 17.9 Å². The maximum Gasteiger partial charge on any atom is 0.230 e. The van der Waals surface area contributed by atoms with Crippen molar-refractivity contribution in [1.29, 1.82) is 0 Å². The Balaban J connectivity index is 1.45. The first kappa shape index (κ1) is 13.2. The highest BCUT2D eigenvalue weighted by Crippen LogP contribution is 2.40. The van der Waals surface area contributed by atoms with Gasteiger partial charge in [-0.1, -0.05) is 30.3 Å². The van der Waals surface area contributed by atoms with Crippen molar-refractivity contribution in [3.05, 3.63) is 60.4 Å². The summed E-state index contributed by atoms with van der Waals surface area (Å²) in [5.74, 6) is 1.06. The third-order valence-corrected chi connectivity index (χ3v) is 4.40. The lowest BCUT2D eigenvalue weighted by molar-refractivity contribution is -0.118. The van der Waals surface area contributed by atoms with Crippen molar-refractivity contribution in [3.63, 3.8) is 0 Å². The Hall–Kier alpha value is -1.81. The first-order valence-corrected chi connectivity index (χ1v) is 7.68. The fraction of sp³-hybridized carbons (Fsp3) is 0.250. The molecule has 0 spiro atoms. The average Bonchev–Trinajstić information content (AvgIpc) is 3.26. The van der Waals surface area contributed by atoms with Gasteiger partial charge >= 0.3 is 0 Å². The van der Waals surface area contributed by atoms with Crippen LogP contribution in [0.4, 0.5) is 0 Å². The molecule has 0 saturated heterocycles. The van der Waals surface area contributed by atoms with Crippen LogP contribution >= 0.6 is 11.8 Å². The van der Waals surface area contributed by atoms with Gasteiger partial charge in [-0.2, -0.15) is 0 Å². The van der Waals surface area contributed by atoms with Crippen LogP contribution in [0.15, 0.2) is 59.8 Å². The number of nitrogens with one attached hydrogen (secondary N) is 1. The van der Waals surface area contributed by atoms with Gasteiger partial charge in [0.05, 0.1) is 5.75 Å². The van der Waals surface area contributed by atoms with Crippen LogP contribution in [0.2, 0.25) is 0 Å². The number of carbonyl (C=O) groups is 1. The lowest BCUT2D eigenvalue weighted by Crippen LogP contribution is -2.28. The normalized spacial score (nSPS) is 20.4. The number of aromatic nitrogens is 1. The highest BCUT2D eigenvalue weighted by atomic mass is 32.2. The molecule has 3 nitrogen and oxygen atoms in total. The number of carbonyl (C=O) groups excluding carboxylic acids is 1. The Kier molecular flexibility index (Phi) is 4.02. The monoisotopic (exact) mass is 284 g/mol. The SMILES string of the molecule is O=C(CSc1ccncc1)N[C@H]1C[C@@H]1c1ccccc1. The van der Waals surface area contributed by atoms with E-state index in [4.69, 9.17) is 0 Å². The van der Waals surface area contributed by atoms with Gasteiger partial charge in [0.15, 0.2) is 0 Å². The highest BCUT2D eigenvalue weighted by molar-refractivity contribution is 8.00. The number of amides is 1. The van der Waals surface area contributed by atoms with Crippen LogP contribution in [0, 0.1) is 0 Å². The number of hydrogen-bond donors (Lipinski definition) is 1. The van der Waals surface area contributed by atoms with Gasteiger partial charge in [0.2, 0.25) is 5.91 Å². The summed E-state index contributed by atoms with van der Waals surface area (Å²) in [6, 6.07) is 14.5. The first-order valence-electron chi connectivity index (χ1n) is 6.70. The summed E-state index contributed by atoms with van der Waals surface area (Å²) in [5.41, 5.74) is 1.32. The van der Waals surface area contributed by atoms with E-state index in [0.29, 0.717) is 17.7 Å². The maximum atomic E-state index is 11.9. The molecular weight excluding hydrogens is 268 g/mol. The third kappa shape index (κ3) is 3.39. The topological polar surface area (TPSA) is 42.0 Å². The molecule has 1 aliphatic rings. The predicted molar refractivity (Wildman–Crippen MR) is 80.7 cm³/mol. The van der Waals surface area contributed by atoms with Crippen LogP contribution in [-0.4, -0.2) is 22.7 Å². The van der Waals surface area contributed by atoms with Crippen LogP contribution < -0.4 is 5.32 Å². The van der Waals surface area contributed by atoms with E-state index < -0.39 is 0 Å². The van der Waals surface area contributed by atoms with E-state index in [9.17, 15) is 4.79 Å². The van der Waals surface area contributed by atoms with Gasteiger partial charge in [0.1, 0.15) is 0 Å². The molecule has 102 valence electrons. The van der Waals surface area contributed by atoms with Gasteiger partial charge in [0, 0.05) is 29.2 Å². The van der Waals surface area contributed by atoms with Crippen LogP contribution in [-0.2, 0) is 4.79 Å². The number of rotatable bonds is 5. The maximum absolute atomic E-state index is 11.9. The molecule has 0 radical (unpaired) electrons. The Morgan fingerprint density at radius 1 is 1.20 bits per heavy atom. The predicted octanol–water partition coefficient (Wildman–Crippen LogP) is 2.85. The fourth-order valence-corrected chi connectivity index (χ4v) is 2.95. The fourth-order valence-electron chi connectivity index (χ4n) is 2.25. The van der Waals surface area contributed by atoms with E-state index in [2.05, 4.69) is 22.4 Å². The number of hydrogen-bond acceptors (Lipinski definition) is 3. The summed E-state index contributed by atoms with van der Waals surface area (Å²) in [7, 11) is 0. The van der Waals surface area contributed by atoms with E-state index in [1.165, 1.54) is 5.56 Å². The molecular formula is C16H16N2OS. The molecule has 0 bridgehead atoms. The number of nitrogens with zero attached hydrogens (tertiary/aromatic N) is 1. The second-order valence-electron chi connectivity index (χ2n) is 4.90. The number of thioether (sulfide) groups is 1. The average molecular weight is 284 g/mol. The summed E-state index contributed by atoms with van der Waals surface area (Å²) >= 11 is 1.54. The van der Waals surface area contributed by atoms with E-state index in [1.807, 2.05) is 30.3 Å². The first-order chi connectivity index (χ1) is 9.83. The van der Waals surface area contributed by atoms with Crippen molar-refractivity contribution in [1.82, 2.24) is 10.3 Å². The molecule has 3 rings (SSSR count). The molecule has 1 saturated carbocycles. The summed E-state index contributed by atoms with van der Waals surface area (Å²) < 4.78 is 0. The molecule has 1 amide bonds. The zero-order valence-corrected chi connectivity index (χ0v) is 11.8. The minimum Gasteiger partial charge on any atom is -0.352 e. The molecule has 1 aliphatic carbocycles. The van der Waals surface area contributed by atoms with Crippen LogP contribution in [0.5, 0.6) is 0 Å². The third-order valence-electron chi connectivity index (χ3n) is 3.38. The molecule has 2 aromatic rings. The summed E-state index contributed by atoms with van der Waals surface area (Å²) in [6.07, 6.45) is 4.54. The molecule has 1 heterocycles. The van der Waals surface area contributed by atoms with E-state index in [0.717, 1.165) is 11.3 Å². The molecule has 1 aromatic heterocycles. The summed E-state index contributed by atoms with van der Waals surface area (Å²) in [4.78, 5) is 16.9. The largest absolute Gasteiger partial charge is 0.352 e. The van der Waals surface area contributed by atoms with Crippen LogP contribution in [0.3, 0.4) is 0 Å². The molecule has 4 heteroatoms. The summed E-state index contributed by atoms with van der Waals surface area (Å²) in [5, 5.41) is 3.10. The van der Waals surface area contributed by atoms with Crippen molar-refractivity contribution in [2.75, 3.05) is 5.75 Å². The Morgan fingerprint density at radius 2 is 1.95 bits per heavy atom. The lowest BCUT2D eigenvalue weighted by Gasteiger charge is -2.05.